The highest BCUT2D eigenvalue weighted by atomic mass is 32.2. The average molecular weight is 542 g/mol. The fourth-order valence-electron chi connectivity index (χ4n) is 4.85. The number of nitrogens with zero attached hydrogens (tertiary/aromatic N) is 2. The molecule has 0 spiro atoms. The fourth-order valence-corrected chi connectivity index (χ4v) is 5.37. The molecule has 0 unspecified atom stereocenters. The van der Waals surface area contributed by atoms with Gasteiger partial charge in [-0.1, -0.05) is 5.57 Å². The van der Waals surface area contributed by atoms with Crippen molar-refractivity contribution in [3.63, 3.8) is 0 Å². The summed E-state index contributed by atoms with van der Waals surface area (Å²) in [6.45, 7) is 4.76. The summed E-state index contributed by atoms with van der Waals surface area (Å²) in [5.41, 5.74) is 3.14. The molecule has 0 saturated carbocycles. The Hall–Kier alpha value is -3.66. The van der Waals surface area contributed by atoms with E-state index in [0.29, 0.717) is 40.9 Å². The number of anilines is 1. The van der Waals surface area contributed by atoms with E-state index in [9.17, 15) is 22.4 Å². The maximum Gasteiger partial charge on any atom is 0.255 e. The Morgan fingerprint density at radius 2 is 1.87 bits per heavy atom. The summed E-state index contributed by atoms with van der Waals surface area (Å²) in [4.78, 5) is 27.6. The van der Waals surface area contributed by atoms with Crippen LogP contribution >= 0.6 is 0 Å². The molecule has 1 atom stereocenters. The number of likely N-dealkylation sites (tertiary alicyclic amines) is 1. The van der Waals surface area contributed by atoms with Crippen molar-refractivity contribution in [1.29, 1.82) is 0 Å². The summed E-state index contributed by atoms with van der Waals surface area (Å²) in [5.74, 6) is -0.795. The lowest BCUT2D eigenvalue weighted by atomic mass is 9.88. The van der Waals surface area contributed by atoms with Crippen LogP contribution in [0.1, 0.15) is 48.5 Å². The van der Waals surface area contributed by atoms with E-state index in [1.54, 1.807) is 23.1 Å². The first-order valence-corrected chi connectivity index (χ1v) is 14.2. The Labute approximate surface area is 222 Å². The van der Waals surface area contributed by atoms with Crippen LogP contribution in [-0.2, 0) is 14.8 Å². The molecule has 2 amide bonds. The summed E-state index contributed by atoms with van der Waals surface area (Å²) in [7, 11) is -0.651. The second-order valence-corrected chi connectivity index (χ2v) is 11.9. The summed E-state index contributed by atoms with van der Waals surface area (Å²) in [6.07, 6.45) is 4.21. The van der Waals surface area contributed by atoms with Crippen LogP contribution in [0.2, 0.25) is 0 Å². The number of amides is 2. The molecular weight excluding hydrogens is 509 g/mol. The van der Waals surface area contributed by atoms with Gasteiger partial charge in [0.25, 0.3) is 5.91 Å². The summed E-state index contributed by atoms with van der Waals surface area (Å²) >= 11 is 0. The molecule has 1 N–H and O–H groups in total. The Balaban J connectivity index is 1.93. The minimum Gasteiger partial charge on any atom is -0.455 e. The first-order chi connectivity index (χ1) is 17.9. The van der Waals surface area contributed by atoms with Gasteiger partial charge in [-0.05, 0) is 62.6 Å². The van der Waals surface area contributed by atoms with E-state index in [4.69, 9.17) is 4.42 Å². The molecule has 38 heavy (non-hydrogen) atoms. The highest BCUT2D eigenvalue weighted by Gasteiger charge is 2.31. The van der Waals surface area contributed by atoms with E-state index in [1.165, 1.54) is 42.7 Å². The zero-order valence-corrected chi connectivity index (χ0v) is 23.0. The van der Waals surface area contributed by atoms with E-state index in [2.05, 4.69) is 5.32 Å². The maximum atomic E-state index is 13.6. The predicted molar refractivity (Wildman–Crippen MR) is 146 cm³/mol. The number of halogens is 1. The van der Waals surface area contributed by atoms with Crippen molar-refractivity contribution in [2.24, 2.45) is 0 Å². The van der Waals surface area contributed by atoms with Gasteiger partial charge in [-0.25, -0.2) is 12.8 Å². The second kappa shape index (κ2) is 10.6. The molecule has 4 rings (SSSR count). The topological polar surface area (TPSA) is 99.9 Å². The number of carbonyl (C=O) groups excluding carboxylic acids is 2. The van der Waals surface area contributed by atoms with E-state index in [1.807, 2.05) is 13.8 Å². The van der Waals surface area contributed by atoms with Crippen molar-refractivity contribution in [3.8, 4) is 11.3 Å². The minimum absolute atomic E-state index is 0.0817. The number of benzene rings is 2. The number of furan rings is 1. The number of fused-ring (bicyclic) bond motifs is 1. The smallest absolute Gasteiger partial charge is 0.255 e. The SMILES string of the molecule is CNC(=O)c1c(-c2ccc(F)cc2)oc2cc(N(C)S(C)(=O)=O)c([C@@H]3CCCN(C(=O)C=C(C)C)C3)cc12. The van der Waals surface area contributed by atoms with Crippen LogP contribution in [-0.4, -0.2) is 58.6 Å². The zero-order chi connectivity index (χ0) is 27.8. The molecule has 202 valence electrons. The van der Waals surface area contributed by atoms with E-state index in [0.717, 1.165) is 24.7 Å². The van der Waals surface area contributed by atoms with Gasteiger partial charge in [-0.3, -0.25) is 13.9 Å². The van der Waals surface area contributed by atoms with Gasteiger partial charge in [0.05, 0.1) is 17.5 Å². The lowest BCUT2D eigenvalue weighted by Crippen LogP contribution is -2.39. The van der Waals surface area contributed by atoms with Crippen LogP contribution in [0, 0.1) is 5.82 Å². The van der Waals surface area contributed by atoms with Crippen molar-refractivity contribution in [2.45, 2.75) is 32.6 Å². The largest absolute Gasteiger partial charge is 0.455 e. The highest BCUT2D eigenvalue weighted by Crippen LogP contribution is 2.41. The molecule has 1 aliphatic rings. The molecule has 3 aromatic rings. The third-order valence-electron chi connectivity index (χ3n) is 6.82. The van der Waals surface area contributed by atoms with E-state index >= 15 is 0 Å². The Morgan fingerprint density at radius 1 is 1.18 bits per heavy atom. The van der Waals surface area contributed by atoms with Crippen molar-refractivity contribution in [1.82, 2.24) is 10.2 Å². The van der Waals surface area contributed by atoms with Gasteiger partial charge in [0.15, 0.2) is 0 Å². The third-order valence-corrected chi connectivity index (χ3v) is 8.01. The fraction of sp³-hybridized carbons (Fsp3) is 0.357. The molecule has 1 fully saturated rings. The molecule has 8 nitrogen and oxygen atoms in total. The molecule has 0 aliphatic carbocycles. The zero-order valence-electron chi connectivity index (χ0n) is 22.2. The Bertz CT molecular complexity index is 1520. The standard InChI is InChI=1S/C28H32FN3O5S/c1-17(2)13-25(33)32-12-6-7-19(16-32)21-14-22-24(15-23(21)31(4)38(5,35)36)37-27(26(22)28(34)30-3)18-8-10-20(29)11-9-18/h8-11,13-15,19H,6-7,12,16H2,1-5H3,(H,30,34)/t19-/m1/s1. The van der Waals surface area contributed by atoms with Crippen LogP contribution in [0.4, 0.5) is 10.1 Å². The van der Waals surface area contributed by atoms with Gasteiger partial charge in [0, 0.05) is 56.2 Å². The van der Waals surface area contributed by atoms with Crippen molar-refractivity contribution in [2.75, 3.05) is 37.7 Å². The number of sulfonamides is 1. The Morgan fingerprint density at radius 3 is 2.47 bits per heavy atom. The molecule has 1 saturated heterocycles. The molecule has 0 bridgehead atoms. The number of hydrogen-bond acceptors (Lipinski definition) is 5. The molecule has 1 aliphatic heterocycles. The summed E-state index contributed by atoms with van der Waals surface area (Å²) in [5, 5.41) is 3.15. The van der Waals surface area contributed by atoms with Crippen molar-refractivity contribution >= 4 is 38.5 Å². The maximum absolute atomic E-state index is 13.6. The molecule has 2 aromatic carbocycles. The van der Waals surface area contributed by atoms with Crippen LogP contribution in [0.15, 0.2) is 52.5 Å². The van der Waals surface area contributed by atoms with Crippen molar-refractivity contribution in [3.05, 3.63) is 65.0 Å². The number of carbonyl (C=O) groups is 2. The highest BCUT2D eigenvalue weighted by molar-refractivity contribution is 7.92. The lowest BCUT2D eigenvalue weighted by Gasteiger charge is -2.34. The van der Waals surface area contributed by atoms with Crippen LogP contribution in [0.3, 0.4) is 0 Å². The van der Waals surface area contributed by atoms with E-state index < -0.39 is 15.8 Å². The third kappa shape index (κ3) is 5.45. The first-order valence-electron chi connectivity index (χ1n) is 12.4. The summed E-state index contributed by atoms with van der Waals surface area (Å²) in [6, 6.07) is 9.04. The minimum atomic E-state index is -3.63. The Kier molecular flexibility index (Phi) is 7.64. The average Bonchev–Trinajstić information content (AvgIpc) is 3.25. The van der Waals surface area contributed by atoms with Gasteiger partial charge >= 0.3 is 0 Å². The van der Waals surface area contributed by atoms with Crippen molar-refractivity contribution < 1.29 is 26.8 Å². The number of piperidine rings is 1. The molecule has 0 radical (unpaired) electrons. The molecule has 2 heterocycles. The van der Waals surface area contributed by atoms with Crippen LogP contribution < -0.4 is 9.62 Å². The van der Waals surface area contributed by atoms with Gasteiger partial charge in [0.1, 0.15) is 17.2 Å². The number of nitrogens with one attached hydrogen (secondary N) is 1. The van der Waals surface area contributed by atoms with Crippen LogP contribution in [0.5, 0.6) is 0 Å². The van der Waals surface area contributed by atoms with Gasteiger partial charge in [-0.15, -0.1) is 0 Å². The molecular formula is C28H32FN3O5S. The normalized spacial score (nSPS) is 15.8. The first kappa shape index (κ1) is 27.4. The van der Waals surface area contributed by atoms with Crippen LogP contribution in [0.25, 0.3) is 22.3 Å². The lowest BCUT2D eigenvalue weighted by molar-refractivity contribution is -0.127. The molecule has 10 heteroatoms. The van der Waals surface area contributed by atoms with E-state index in [-0.39, 0.29) is 29.1 Å². The quantitative estimate of drug-likeness (QED) is 0.458. The number of allylic oxidation sites excluding steroid dienone is 1. The van der Waals surface area contributed by atoms with Gasteiger partial charge in [-0.2, -0.15) is 0 Å². The van der Waals surface area contributed by atoms with Gasteiger partial charge in [0.2, 0.25) is 15.9 Å². The summed E-state index contributed by atoms with van der Waals surface area (Å²) < 4.78 is 46.1. The molecule has 1 aromatic heterocycles. The number of rotatable bonds is 6. The second-order valence-electron chi connectivity index (χ2n) is 9.87. The number of hydrogen-bond donors (Lipinski definition) is 1. The predicted octanol–water partition coefficient (Wildman–Crippen LogP) is 4.67. The monoisotopic (exact) mass is 541 g/mol. The van der Waals surface area contributed by atoms with Gasteiger partial charge < -0.3 is 14.6 Å².